The molecule has 9 nitrogen and oxygen atoms in total. The molecule has 1 aliphatic carbocycles. The van der Waals surface area contributed by atoms with Crippen LogP contribution in [0.1, 0.15) is 19.3 Å². The lowest BCUT2D eigenvalue weighted by Gasteiger charge is -2.32. The Morgan fingerprint density at radius 2 is 2.06 bits per heavy atom. The second kappa shape index (κ2) is 9.67. The second-order valence-corrected chi connectivity index (χ2v) is 8.09. The van der Waals surface area contributed by atoms with Gasteiger partial charge in [0.1, 0.15) is 24.0 Å². The quantitative estimate of drug-likeness (QED) is 0.506. The van der Waals surface area contributed by atoms with Crippen molar-refractivity contribution in [2.24, 2.45) is 0 Å². The van der Waals surface area contributed by atoms with Crippen molar-refractivity contribution in [3.8, 4) is 5.75 Å². The van der Waals surface area contributed by atoms with Crippen LogP contribution in [-0.4, -0.2) is 79.2 Å². The second-order valence-electron chi connectivity index (χ2n) is 8.09. The van der Waals surface area contributed by atoms with Crippen molar-refractivity contribution in [3.63, 3.8) is 0 Å². The molecule has 0 bridgehead atoms. The molecule has 0 spiro atoms. The number of piperidine rings is 1. The van der Waals surface area contributed by atoms with Gasteiger partial charge in [-0.05, 0) is 31.1 Å². The summed E-state index contributed by atoms with van der Waals surface area (Å²) in [6, 6.07) is 6.91. The molecule has 0 saturated carbocycles. The van der Waals surface area contributed by atoms with Gasteiger partial charge < -0.3 is 35.2 Å². The van der Waals surface area contributed by atoms with E-state index in [1.807, 2.05) is 18.2 Å². The zero-order valence-electron chi connectivity index (χ0n) is 17.3. The molecule has 0 radical (unpaired) electrons. The zero-order valence-corrected chi connectivity index (χ0v) is 17.3. The third-order valence-electron chi connectivity index (χ3n) is 5.87. The number of aliphatic hydroxyl groups excluding tert-OH is 2. The van der Waals surface area contributed by atoms with Gasteiger partial charge in [0.15, 0.2) is 0 Å². The smallest absolute Gasteiger partial charge is 0.247 e. The molecule has 3 aliphatic rings. The normalized spacial score (nSPS) is 29.0. The molecular weight excluding hydrogens is 402 g/mol. The average Bonchev–Trinajstić information content (AvgIpc) is 2.79. The summed E-state index contributed by atoms with van der Waals surface area (Å²) in [5.41, 5.74) is 1.28. The number of amides is 2. The lowest BCUT2D eigenvalue weighted by molar-refractivity contribution is -0.129. The minimum atomic E-state index is -1.17. The number of nitrogens with zero attached hydrogens (tertiary/aromatic N) is 1. The van der Waals surface area contributed by atoms with Crippen LogP contribution in [0.5, 0.6) is 5.75 Å². The highest BCUT2D eigenvalue weighted by Crippen LogP contribution is 2.27. The van der Waals surface area contributed by atoms with Crippen molar-refractivity contribution in [1.82, 2.24) is 10.6 Å². The largest absolute Gasteiger partial charge is 0.483 e. The number of carbonyl (C=O) groups excluding carboxylic acids is 2. The highest BCUT2D eigenvalue weighted by molar-refractivity contribution is 5.97. The van der Waals surface area contributed by atoms with Crippen molar-refractivity contribution in [1.29, 1.82) is 0 Å². The van der Waals surface area contributed by atoms with E-state index >= 15 is 0 Å². The maximum atomic E-state index is 12.7. The Morgan fingerprint density at radius 1 is 1.26 bits per heavy atom. The molecule has 4 rings (SSSR count). The molecule has 2 aliphatic heterocycles. The Balaban J connectivity index is 1.46. The van der Waals surface area contributed by atoms with Crippen LogP contribution in [0.25, 0.3) is 0 Å². The molecule has 9 heteroatoms. The number of aliphatic hydroxyl groups is 2. The molecule has 2 saturated heterocycles. The summed E-state index contributed by atoms with van der Waals surface area (Å²) in [7, 11) is 0. The molecule has 2 amide bonds. The fourth-order valence-corrected chi connectivity index (χ4v) is 4.09. The topological polar surface area (TPSA) is 120 Å². The van der Waals surface area contributed by atoms with Crippen molar-refractivity contribution in [3.05, 3.63) is 35.9 Å². The molecule has 4 atom stereocenters. The van der Waals surface area contributed by atoms with Gasteiger partial charge in [0.25, 0.3) is 0 Å². The van der Waals surface area contributed by atoms with Crippen LogP contribution in [0.2, 0.25) is 0 Å². The third-order valence-corrected chi connectivity index (χ3v) is 5.87. The predicted octanol–water partition coefficient (Wildman–Crippen LogP) is -0.283. The molecule has 0 aromatic heterocycles. The van der Waals surface area contributed by atoms with Gasteiger partial charge in [-0.25, -0.2) is 0 Å². The molecule has 31 heavy (non-hydrogen) atoms. The van der Waals surface area contributed by atoms with Crippen LogP contribution in [0, 0.1) is 0 Å². The SMILES string of the molecule is O=C(NC1CCCNC1=O)C1=CC(Oc2cccc(N3CCOCC3)c2)C(O)C(O)C1. The van der Waals surface area contributed by atoms with Crippen LogP contribution in [0.15, 0.2) is 35.9 Å². The fourth-order valence-electron chi connectivity index (χ4n) is 4.09. The summed E-state index contributed by atoms with van der Waals surface area (Å²) >= 11 is 0. The van der Waals surface area contributed by atoms with Gasteiger partial charge >= 0.3 is 0 Å². The summed E-state index contributed by atoms with van der Waals surface area (Å²) < 4.78 is 11.3. The molecule has 1 aromatic carbocycles. The first-order chi connectivity index (χ1) is 15.0. The third kappa shape index (κ3) is 5.17. The summed E-state index contributed by atoms with van der Waals surface area (Å²) in [5, 5.41) is 26.2. The van der Waals surface area contributed by atoms with E-state index in [0.717, 1.165) is 25.2 Å². The van der Waals surface area contributed by atoms with E-state index in [2.05, 4.69) is 15.5 Å². The molecule has 1 aromatic rings. The number of ether oxygens (including phenoxy) is 2. The van der Waals surface area contributed by atoms with E-state index < -0.39 is 30.3 Å². The number of rotatable bonds is 5. The van der Waals surface area contributed by atoms with Crippen molar-refractivity contribution in [2.75, 3.05) is 37.7 Å². The van der Waals surface area contributed by atoms with E-state index in [-0.39, 0.29) is 12.3 Å². The van der Waals surface area contributed by atoms with Gasteiger partial charge in [-0.1, -0.05) is 6.07 Å². The van der Waals surface area contributed by atoms with Crippen LogP contribution in [-0.2, 0) is 14.3 Å². The maximum absolute atomic E-state index is 12.7. The lowest BCUT2D eigenvalue weighted by Crippen LogP contribution is -2.51. The van der Waals surface area contributed by atoms with Crippen molar-refractivity contribution < 1.29 is 29.3 Å². The Labute approximate surface area is 181 Å². The molecular formula is C22H29N3O6. The number of hydrogen-bond acceptors (Lipinski definition) is 7. The minimum absolute atomic E-state index is 0.00494. The van der Waals surface area contributed by atoms with Gasteiger partial charge in [0.2, 0.25) is 11.8 Å². The summed E-state index contributed by atoms with van der Waals surface area (Å²) in [6.07, 6.45) is -0.291. The van der Waals surface area contributed by atoms with E-state index in [1.54, 1.807) is 6.07 Å². The van der Waals surface area contributed by atoms with Gasteiger partial charge in [-0.3, -0.25) is 9.59 Å². The van der Waals surface area contributed by atoms with E-state index in [1.165, 1.54) is 6.08 Å². The Kier molecular flexibility index (Phi) is 6.74. The molecule has 4 unspecified atom stereocenters. The lowest BCUT2D eigenvalue weighted by atomic mass is 9.91. The van der Waals surface area contributed by atoms with Crippen molar-refractivity contribution in [2.45, 2.75) is 43.6 Å². The van der Waals surface area contributed by atoms with Crippen LogP contribution in [0.3, 0.4) is 0 Å². The average molecular weight is 431 g/mol. The number of anilines is 1. The molecule has 168 valence electrons. The monoisotopic (exact) mass is 431 g/mol. The van der Waals surface area contributed by atoms with E-state index in [9.17, 15) is 19.8 Å². The first-order valence-corrected chi connectivity index (χ1v) is 10.8. The Hall–Kier alpha value is -2.62. The van der Waals surface area contributed by atoms with Crippen molar-refractivity contribution >= 4 is 17.5 Å². The highest BCUT2D eigenvalue weighted by atomic mass is 16.5. The van der Waals surface area contributed by atoms with Crippen LogP contribution in [0.4, 0.5) is 5.69 Å². The van der Waals surface area contributed by atoms with E-state index in [4.69, 9.17) is 9.47 Å². The number of nitrogens with one attached hydrogen (secondary N) is 2. The molecule has 2 heterocycles. The van der Waals surface area contributed by atoms with E-state index in [0.29, 0.717) is 37.5 Å². The van der Waals surface area contributed by atoms with Gasteiger partial charge in [0, 0.05) is 43.4 Å². The predicted molar refractivity (Wildman–Crippen MR) is 113 cm³/mol. The van der Waals surface area contributed by atoms with Gasteiger partial charge in [-0.15, -0.1) is 0 Å². The molecule has 2 fully saturated rings. The summed E-state index contributed by atoms with van der Waals surface area (Å²) in [5.74, 6) is -0.0993. The number of benzene rings is 1. The Bertz CT molecular complexity index is 838. The van der Waals surface area contributed by atoms with Gasteiger partial charge in [-0.2, -0.15) is 0 Å². The summed E-state index contributed by atoms with van der Waals surface area (Å²) in [4.78, 5) is 26.8. The first-order valence-electron chi connectivity index (χ1n) is 10.8. The minimum Gasteiger partial charge on any atom is -0.483 e. The number of carbonyl (C=O) groups is 2. The van der Waals surface area contributed by atoms with Gasteiger partial charge in [0.05, 0.1) is 19.3 Å². The van der Waals surface area contributed by atoms with Crippen LogP contribution >= 0.6 is 0 Å². The fraction of sp³-hybridized carbons (Fsp3) is 0.545. The molecule has 4 N–H and O–H groups in total. The zero-order chi connectivity index (χ0) is 21.8. The number of hydrogen-bond donors (Lipinski definition) is 4. The highest BCUT2D eigenvalue weighted by Gasteiger charge is 2.35. The van der Waals surface area contributed by atoms with Crippen LogP contribution < -0.4 is 20.3 Å². The standard InChI is InChI=1S/C22H29N3O6/c26-18-11-14(21(28)24-17-5-2-6-23-22(17)29)12-19(20(18)27)31-16-4-1-3-15(13-16)25-7-9-30-10-8-25/h1,3-4,12-13,17-20,26-27H,2,5-11H2,(H,23,29)(H,24,28). The maximum Gasteiger partial charge on any atom is 0.247 e. The summed E-state index contributed by atoms with van der Waals surface area (Å²) in [6.45, 7) is 3.51. The Morgan fingerprint density at radius 3 is 2.84 bits per heavy atom. The first kappa shape index (κ1) is 21.6. The number of morpholine rings is 1.